The van der Waals surface area contributed by atoms with Crippen molar-refractivity contribution in [2.45, 2.75) is 13.0 Å². The molecular weight excluding hydrogens is 246 g/mol. The Morgan fingerprint density at radius 3 is 2.67 bits per heavy atom. The van der Waals surface area contributed by atoms with Gasteiger partial charge in [0.2, 0.25) is 0 Å². The van der Waals surface area contributed by atoms with Gasteiger partial charge in [-0.3, -0.25) is 0 Å². The fraction of sp³-hybridized carbons (Fsp3) is 0.214. The van der Waals surface area contributed by atoms with Crippen LogP contribution in [0.3, 0.4) is 0 Å². The number of hydrogen-bond donors (Lipinski definition) is 1. The van der Waals surface area contributed by atoms with Crippen molar-refractivity contribution in [3.05, 3.63) is 53.7 Å². The Bertz CT molecular complexity index is 542. The Morgan fingerprint density at radius 2 is 1.89 bits per heavy atom. The maximum Gasteiger partial charge on any atom is 0.130 e. The molecule has 0 atom stereocenters. The van der Waals surface area contributed by atoms with Crippen LogP contribution >= 0.6 is 12.4 Å². The number of rotatable bonds is 1. The highest BCUT2D eigenvalue weighted by Crippen LogP contribution is 2.23. The van der Waals surface area contributed by atoms with Crippen LogP contribution in [0.25, 0.3) is 0 Å². The molecular formula is C14H16ClN3. The number of hydrogen-bond acceptors (Lipinski definition) is 3. The van der Waals surface area contributed by atoms with E-state index in [-0.39, 0.29) is 12.4 Å². The van der Waals surface area contributed by atoms with Crippen LogP contribution in [0.15, 0.2) is 42.6 Å². The summed E-state index contributed by atoms with van der Waals surface area (Å²) < 4.78 is 0. The van der Waals surface area contributed by atoms with Gasteiger partial charge in [0, 0.05) is 31.0 Å². The number of fused-ring (bicyclic) bond motifs is 1. The second-order valence-corrected chi connectivity index (χ2v) is 4.39. The van der Waals surface area contributed by atoms with Gasteiger partial charge in [-0.1, -0.05) is 24.3 Å². The zero-order valence-electron chi connectivity index (χ0n) is 10.0. The molecule has 1 aliphatic rings. The van der Waals surface area contributed by atoms with Gasteiger partial charge < -0.3 is 10.6 Å². The molecule has 0 saturated heterocycles. The van der Waals surface area contributed by atoms with Crippen LogP contribution in [0.2, 0.25) is 0 Å². The summed E-state index contributed by atoms with van der Waals surface area (Å²) in [6.45, 7) is 1.93. The Kier molecular flexibility index (Phi) is 3.72. The zero-order chi connectivity index (χ0) is 11.7. The van der Waals surface area contributed by atoms with E-state index >= 15 is 0 Å². The van der Waals surface area contributed by atoms with E-state index in [1.807, 2.05) is 12.1 Å². The minimum atomic E-state index is 0. The molecule has 4 heteroatoms. The number of nitrogens with zero attached hydrogens (tertiary/aromatic N) is 2. The third-order valence-corrected chi connectivity index (χ3v) is 3.22. The molecule has 0 radical (unpaired) electrons. The molecule has 1 aromatic heterocycles. The summed E-state index contributed by atoms with van der Waals surface area (Å²) in [4.78, 5) is 6.66. The Labute approximate surface area is 113 Å². The van der Waals surface area contributed by atoms with Gasteiger partial charge in [0.25, 0.3) is 0 Å². The molecule has 94 valence electrons. The van der Waals surface area contributed by atoms with E-state index in [1.54, 1.807) is 6.20 Å². The van der Waals surface area contributed by atoms with Crippen LogP contribution in [0.4, 0.5) is 11.5 Å². The lowest BCUT2D eigenvalue weighted by Crippen LogP contribution is -2.30. The van der Waals surface area contributed by atoms with E-state index in [4.69, 9.17) is 5.73 Å². The lowest BCUT2D eigenvalue weighted by atomic mass is 10.00. The summed E-state index contributed by atoms with van der Waals surface area (Å²) >= 11 is 0. The monoisotopic (exact) mass is 261 g/mol. The molecule has 2 N–H and O–H groups in total. The molecule has 0 unspecified atom stereocenters. The second-order valence-electron chi connectivity index (χ2n) is 4.39. The van der Waals surface area contributed by atoms with Gasteiger partial charge in [-0.2, -0.15) is 0 Å². The van der Waals surface area contributed by atoms with Gasteiger partial charge in [0.15, 0.2) is 0 Å². The number of halogens is 1. The third kappa shape index (κ3) is 2.41. The van der Waals surface area contributed by atoms with Gasteiger partial charge >= 0.3 is 0 Å². The van der Waals surface area contributed by atoms with Gasteiger partial charge in [-0.05, 0) is 23.6 Å². The van der Waals surface area contributed by atoms with Crippen LogP contribution < -0.4 is 10.6 Å². The normalized spacial score (nSPS) is 13.7. The molecule has 3 nitrogen and oxygen atoms in total. The molecule has 1 aromatic carbocycles. The highest BCUT2D eigenvalue weighted by molar-refractivity contribution is 5.85. The lowest BCUT2D eigenvalue weighted by molar-refractivity contribution is 0.721. The first-order valence-electron chi connectivity index (χ1n) is 5.86. The number of anilines is 2. The largest absolute Gasteiger partial charge is 0.399 e. The van der Waals surface area contributed by atoms with Gasteiger partial charge in [0.05, 0.1) is 0 Å². The average molecular weight is 262 g/mol. The molecule has 18 heavy (non-hydrogen) atoms. The number of pyridine rings is 1. The van der Waals surface area contributed by atoms with Crippen LogP contribution in [-0.4, -0.2) is 11.5 Å². The first kappa shape index (κ1) is 12.7. The van der Waals surface area contributed by atoms with E-state index in [0.29, 0.717) is 0 Å². The Balaban J connectivity index is 0.00000120. The van der Waals surface area contributed by atoms with E-state index in [9.17, 15) is 0 Å². The van der Waals surface area contributed by atoms with E-state index in [1.165, 1.54) is 11.1 Å². The van der Waals surface area contributed by atoms with Crippen molar-refractivity contribution in [3.8, 4) is 0 Å². The predicted molar refractivity (Wildman–Crippen MR) is 77.1 cm³/mol. The lowest BCUT2D eigenvalue weighted by Gasteiger charge is -2.29. The topological polar surface area (TPSA) is 42.1 Å². The molecule has 2 aromatic rings. The Morgan fingerprint density at radius 1 is 1.11 bits per heavy atom. The van der Waals surface area contributed by atoms with E-state index < -0.39 is 0 Å². The van der Waals surface area contributed by atoms with Crippen LogP contribution in [-0.2, 0) is 13.0 Å². The number of nitrogen functional groups attached to an aromatic ring is 1. The standard InChI is InChI=1S/C14H15N3.ClH/c15-13-5-7-16-14(9-13)17-8-6-11-3-1-2-4-12(11)10-17;/h1-5,7,9H,6,8,10H2,(H2,15,16);1H. The van der Waals surface area contributed by atoms with Gasteiger partial charge in [-0.25, -0.2) is 4.98 Å². The van der Waals surface area contributed by atoms with Gasteiger partial charge in [-0.15, -0.1) is 12.4 Å². The maximum atomic E-state index is 5.79. The first-order valence-corrected chi connectivity index (χ1v) is 5.86. The SMILES string of the molecule is Cl.Nc1ccnc(N2CCc3ccccc3C2)c1. The van der Waals surface area contributed by atoms with Crippen LogP contribution in [0.5, 0.6) is 0 Å². The molecule has 0 bridgehead atoms. The highest BCUT2D eigenvalue weighted by Gasteiger charge is 2.16. The summed E-state index contributed by atoms with van der Waals surface area (Å²) in [6, 6.07) is 12.4. The molecule has 3 rings (SSSR count). The highest BCUT2D eigenvalue weighted by atomic mass is 35.5. The molecule has 0 fully saturated rings. The van der Waals surface area contributed by atoms with Crippen molar-refractivity contribution in [1.29, 1.82) is 0 Å². The molecule has 0 saturated carbocycles. The quantitative estimate of drug-likeness (QED) is 0.858. The summed E-state index contributed by atoms with van der Waals surface area (Å²) in [6.07, 6.45) is 2.85. The molecule has 1 aliphatic heterocycles. The average Bonchev–Trinajstić information content (AvgIpc) is 2.38. The van der Waals surface area contributed by atoms with Crippen molar-refractivity contribution < 1.29 is 0 Å². The fourth-order valence-corrected chi connectivity index (χ4v) is 2.30. The van der Waals surface area contributed by atoms with Gasteiger partial charge in [0.1, 0.15) is 5.82 Å². The minimum absolute atomic E-state index is 0. The summed E-state index contributed by atoms with van der Waals surface area (Å²) in [7, 11) is 0. The third-order valence-electron chi connectivity index (χ3n) is 3.22. The van der Waals surface area contributed by atoms with Crippen molar-refractivity contribution in [3.63, 3.8) is 0 Å². The van der Waals surface area contributed by atoms with Crippen molar-refractivity contribution in [2.75, 3.05) is 17.2 Å². The van der Waals surface area contributed by atoms with Crippen LogP contribution in [0.1, 0.15) is 11.1 Å². The molecule has 2 heterocycles. The van der Waals surface area contributed by atoms with E-state index in [0.717, 1.165) is 31.0 Å². The molecule has 0 aliphatic carbocycles. The summed E-state index contributed by atoms with van der Waals surface area (Å²) in [5.74, 6) is 0.972. The number of nitrogens with two attached hydrogens (primary N) is 1. The maximum absolute atomic E-state index is 5.79. The van der Waals surface area contributed by atoms with Crippen molar-refractivity contribution in [2.24, 2.45) is 0 Å². The minimum Gasteiger partial charge on any atom is -0.399 e. The predicted octanol–water partition coefficient (Wildman–Crippen LogP) is 2.65. The fourth-order valence-electron chi connectivity index (χ4n) is 2.30. The smallest absolute Gasteiger partial charge is 0.130 e. The molecule has 0 spiro atoms. The second kappa shape index (κ2) is 5.27. The number of benzene rings is 1. The van der Waals surface area contributed by atoms with Crippen LogP contribution in [0, 0.1) is 0 Å². The first-order chi connectivity index (χ1) is 8.33. The summed E-state index contributed by atoms with van der Waals surface area (Å²) in [5, 5.41) is 0. The molecule has 0 amide bonds. The summed E-state index contributed by atoms with van der Waals surface area (Å²) in [5.41, 5.74) is 9.41. The van der Waals surface area contributed by atoms with Crippen molar-refractivity contribution in [1.82, 2.24) is 4.98 Å². The van der Waals surface area contributed by atoms with Crippen molar-refractivity contribution >= 4 is 23.9 Å². The Hall–Kier alpha value is -1.74. The van der Waals surface area contributed by atoms with E-state index in [2.05, 4.69) is 34.1 Å². The zero-order valence-corrected chi connectivity index (χ0v) is 10.9. The number of aromatic nitrogens is 1.